The number of aromatic hydroxyl groups is 1. The lowest BCUT2D eigenvalue weighted by atomic mass is 10.1. The summed E-state index contributed by atoms with van der Waals surface area (Å²) in [6, 6.07) is 4.69. The van der Waals surface area contributed by atoms with E-state index in [1.807, 2.05) is 0 Å². The second kappa shape index (κ2) is 5.76. The maximum absolute atomic E-state index is 12.1. The van der Waals surface area contributed by atoms with Gasteiger partial charge in [-0.3, -0.25) is 4.79 Å². The van der Waals surface area contributed by atoms with Crippen LogP contribution >= 0.6 is 0 Å². The van der Waals surface area contributed by atoms with Crippen LogP contribution in [0.3, 0.4) is 0 Å². The number of anilines is 1. The van der Waals surface area contributed by atoms with E-state index in [0.29, 0.717) is 11.3 Å². The second-order valence-corrected chi connectivity index (χ2v) is 4.93. The number of hydrogen-bond acceptors (Lipinski definition) is 3. The van der Waals surface area contributed by atoms with Crippen molar-refractivity contribution in [3.63, 3.8) is 0 Å². The molecule has 98 valence electrons. The molecule has 18 heavy (non-hydrogen) atoms. The SMILES string of the molecule is Nc1ccc(O)cc1C(=O)NC1CCCCCC1. The van der Waals surface area contributed by atoms with Crippen molar-refractivity contribution in [3.05, 3.63) is 23.8 Å². The zero-order valence-corrected chi connectivity index (χ0v) is 10.5. The van der Waals surface area contributed by atoms with Gasteiger partial charge in [0.25, 0.3) is 5.91 Å². The normalized spacial score (nSPS) is 17.1. The second-order valence-electron chi connectivity index (χ2n) is 4.93. The average Bonchev–Trinajstić information content (AvgIpc) is 2.61. The van der Waals surface area contributed by atoms with E-state index in [-0.39, 0.29) is 17.7 Å². The number of rotatable bonds is 2. The van der Waals surface area contributed by atoms with Crippen molar-refractivity contribution >= 4 is 11.6 Å². The van der Waals surface area contributed by atoms with Crippen LogP contribution in [-0.2, 0) is 0 Å². The van der Waals surface area contributed by atoms with Crippen molar-refractivity contribution in [1.29, 1.82) is 0 Å². The molecule has 1 fully saturated rings. The van der Waals surface area contributed by atoms with E-state index in [4.69, 9.17) is 5.73 Å². The van der Waals surface area contributed by atoms with E-state index in [9.17, 15) is 9.90 Å². The molecule has 0 unspecified atom stereocenters. The number of benzene rings is 1. The van der Waals surface area contributed by atoms with Gasteiger partial charge in [0.2, 0.25) is 0 Å². The van der Waals surface area contributed by atoms with E-state index in [2.05, 4.69) is 5.32 Å². The Bertz CT molecular complexity index is 424. The largest absolute Gasteiger partial charge is 0.508 e. The van der Waals surface area contributed by atoms with Crippen molar-refractivity contribution in [2.24, 2.45) is 0 Å². The predicted molar refractivity (Wildman–Crippen MR) is 71.5 cm³/mol. The molecular formula is C14H20N2O2. The lowest BCUT2D eigenvalue weighted by Crippen LogP contribution is -2.34. The summed E-state index contributed by atoms with van der Waals surface area (Å²) in [5.74, 6) is -0.120. The molecule has 4 heteroatoms. The Hall–Kier alpha value is -1.71. The minimum absolute atomic E-state index is 0.0650. The Morgan fingerprint density at radius 3 is 2.56 bits per heavy atom. The third kappa shape index (κ3) is 3.15. The standard InChI is InChI=1S/C14H20N2O2/c15-13-8-7-11(17)9-12(13)14(18)16-10-5-3-1-2-4-6-10/h7-10,17H,1-6,15H2,(H,16,18). The van der Waals surface area contributed by atoms with Crippen LogP contribution in [0.15, 0.2) is 18.2 Å². The van der Waals surface area contributed by atoms with Gasteiger partial charge in [0.05, 0.1) is 5.56 Å². The summed E-state index contributed by atoms with van der Waals surface area (Å²) in [6.45, 7) is 0. The number of carbonyl (C=O) groups excluding carboxylic acids is 1. The fourth-order valence-corrected chi connectivity index (χ4v) is 2.43. The van der Waals surface area contributed by atoms with E-state index in [1.54, 1.807) is 6.07 Å². The molecule has 4 nitrogen and oxygen atoms in total. The smallest absolute Gasteiger partial charge is 0.253 e. The van der Waals surface area contributed by atoms with Gasteiger partial charge in [-0.05, 0) is 31.0 Å². The number of hydrogen-bond donors (Lipinski definition) is 3. The van der Waals surface area contributed by atoms with Crippen LogP contribution in [0.2, 0.25) is 0 Å². The Morgan fingerprint density at radius 2 is 1.89 bits per heavy atom. The van der Waals surface area contributed by atoms with Crippen molar-refractivity contribution in [2.45, 2.75) is 44.6 Å². The Morgan fingerprint density at radius 1 is 1.22 bits per heavy atom. The number of phenolic OH excluding ortho intramolecular Hbond substituents is 1. The summed E-state index contributed by atoms with van der Waals surface area (Å²) in [4.78, 5) is 12.1. The first-order valence-electron chi connectivity index (χ1n) is 6.56. The van der Waals surface area contributed by atoms with E-state index in [0.717, 1.165) is 12.8 Å². The summed E-state index contributed by atoms with van der Waals surface area (Å²) >= 11 is 0. The van der Waals surface area contributed by atoms with Gasteiger partial charge in [-0.25, -0.2) is 0 Å². The molecule has 1 amide bonds. The van der Waals surface area contributed by atoms with Crippen molar-refractivity contribution < 1.29 is 9.90 Å². The number of amides is 1. The lowest BCUT2D eigenvalue weighted by Gasteiger charge is -2.17. The first-order chi connectivity index (χ1) is 8.66. The molecule has 0 aliphatic heterocycles. The molecule has 0 heterocycles. The van der Waals surface area contributed by atoms with Crippen LogP contribution < -0.4 is 11.1 Å². The highest BCUT2D eigenvalue weighted by Crippen LogP contribution is 2.21. The molecule has 1 aromatic rings. The molecule has 0 atom stereocenters. The van der Waals surface area contributed by atoms with Crippen LogP contribution in [0.5, 0.6) is 5.75 Å². The summed E-state index contributed by atoms with van der Waals surface area (Å²) < 4.78 is 0. The number of nitrogens with two attached hydrogens (primary N) is 1. The molecule has 2 rings (SSSR count). The van der Waals surface area contributed by atoms with Crippen LogP contribution in [0, 0.1) is 0 Å². The Labute approximate surface area is 107 Å². The zero-order chi connectivity index (χ0) is 13.0. The zero-order valence-electron chi connectivity index (χ0n) is 10.5. The van der Waals surface area contributed by atoms with Crippen LogP contribution in [0.25, 0.3) is 0 Å². The fraction of sp³-hybridized carbons (Fsp3) is 0.500. The molecular weight excluding hydrogens is 228 g/mol. The summed E-state index contributed by atoms with van der Waals surface area (Å²) in [7, 11) is 0. The molecule has 0 saturated heterocycles. The molecule has 1 aliphatic rings. The number of nitrogens with one attached hydrogen (secondary N) is 1. The fourth-order valence-electron chi connectivity index (χ4n) is 2.43. The molecule has 4 N–H and O–H groups in total. The summed E-state index contributed by atoms with van der Waals surface area (Å²) in [6.07, 6.45) is 6.90. The molecule has 1 aliphatic carbocycles. The minimum atomic E-state index is -0.185. The summed E-state index contributed by atoms with van der Waals surface area (Å²) in [5, 5.41) is 12.4. The van der Waals surface area contributed by atoms with Gasteiger partial charge < -0.3 is 16.2 Å². The monoisotopic (exact) mass is 248 g/mol. The van der Waals surface area contributed by atoms with Gasteiger partial charge in [-0.1, -0.05) is 25.7 Å². The third-order valence-electron chi connectivity index (χ3n) is 3.47. The quantitative estimate of drug-likeness (QED) is 0.427. The average molecular weight is 248 g/mol. The van der Waals surface area contributed by atoms with Gasteiger partial charge in [0.1, 0.15) is 5.75 Å². The number of phenols is 1. The lowest BCUT2D eigenvalue weighted by molar-refractivity contribution is 0.0934. The van der Waals surface area contributed by atoms with Crippen molar-refractivity contribution in [1.82, 2.24) is 5.32 Å². The molecule has 0 spiro atoms. The first kappa shape index (κ1) is 12.7. The predicted octanol–water partition coefficient (Wildman–Crippen LogP) is 2.43. The first-order valence-corrected chi connectivity index (χ1v) is 6.56. The molecule has 0 radical (unpaired) electrons. The highest BCUT2D eigenvalue weighted by atomic mass is 16.3. The Balaban J connectivity index is 2.04. The topological polar surface area (TPSA) is 75.3 Å². The van der Waals surface area contributed by atoms with Crippen molar-refractivity contribution in [3.8, 4) is 5.75 Å². The molecule has 1 saturated carbocycles. The van der Waals surface area contributed by atoms with Crippen molar-refractivity contribution in [2.75, 3.05) is 5.73 Å². The van der Waals surface area contributed by atoms with Gasteiger partial charge in [0, 0.05) is 11.7 Å². The van der Waals surface area contributed by atoms with E-state index < -0.39 is 0 Å². The van der Waals surface area contributed by atoms with Crippen LogP contribution in [0.1, 0.15) is 48.9 Å². The third-order valence-corrected chi connectivity index (χ3v) is 3.47. The highest BCUT2D eigenvalue weighted by Gasteiger charge is 2.17. The van der Waals surface area contributed by atoms with Gasteiger partial charge in [-0.2, -0.15) is 0 Å². The summed E-state index contributed by atoms with van der Waals surface area (Å²) in [5.41, 5.74) is 6.52. The number of carbonyl (C=O) groups is 1. The molecule has 1 aromatic carbocycles. The van der Waals surface area contributed by atoms with Crippen LogP contribution in [-0.4, -0.2) is 17.1 Å². The van der Waals surface area contributed by atoms with Gasteiger partial charge in [-0.15, -0.1) is 0 Å². The molecule has 0 aromatic heterocycles. The van der Waals surface area contributed by atoms with E-state index in [1.165, 1.54) is 37.8 Å². The van der Waals surface area contributed by atoms with Gasteiger partial charge >= 0.3 is 0 Å². The Kier molecular flexibility index (Phi) is 4.07. The van der Waals surface area contributed by atoms with Gasteiger partial charge in [0.15, 0.2) is 0 Å². The maximum atomic E-state index is 12.1. The highest BCUT2D eigenvalue weighted by molar-refractivity contribution is 5.99. The maximum Gasteiger partial charge on any atom is 0.253 e. The van der Waals surface area contributed by atoms with Crippen LogP contribution in [0.4, 0.5) is 5.69 Å². The van der Waals surface area contributed by atoms with E-state index >= 15 is 0 Å². The molecule has 0 bridgehead atoms. The minimum Gasteiger partial charge on any atom is -0.508 e. The number of nitrogen functional groups attached to an aromatic ring is 1.